The highest BCUT2D eigenvalue weighted by atomic mass is 15.2. The van der Waals surface area contributed by atoms with E-state index in [1.54, 1.807) is 6.33 Å². The fourth-order valence-electron chi connectivity index (χ4n) is 2.64. The summed E-state index contributed by atoms with van der Waals surface area (Å²) in [5.41, 5.74) is 2.65. The fourth-order valence-corrected chi connectivity index (χ4v) is 2.64. The van der Waals surface area contributed by atoms with Crippen LogP contribution in [0.15, 0.2) is 6.33 Å². The number of hydrogen-bond donors (Lipinski definition) is 1. The molecule has 19 heavy (non-hydrogen) atoms. The molecule has 0 saturated heterocycles. The number of nitrogens with one attached hydrogen (secondary N) is 1. The predicted octanol–water partition coefficient (Wildman–Crippen LogP) is 2.18. The Bertz CT molecular complexity index is 403. The molecule has 1 aromatic rings. The number of nitrogens with zero attached hydrogens (tertiary/aromatic N) is 3. The average molecular weight is 262 g/mol. The number of anilines is 1. The zero-order chi connectivity index (χ0) is 13.7. The van der Waals surface area contributed by atoms with Gasteiger partial charge in [0.25, 0.3) is 0 Å². The Kier molecular flexibility index (Phi) is 5.14. The average Bonchev–Trinajstić information content (AvgIpc) is 2.62. The van der Waals surface area contributed by atoms with E-state index < -0.39 is 0 Å². The van der Waals surface area contributed by atoms with E-state index in [4.69, 9.17) is 0 Å². The second-order valence-corrected chi connectivity index (χ2v) is 5.71. The van der Waals surface area contributed by atoms with Gasteiger partial charge in [0.1, 0.15) is 12.1 Å². The van der Waals surface area contributed by atoms with Crippen molar-refractivity contribution in [2.45, 2.75) is 52.0 Å². The van der Waals surface area contributed by atoms with E-state index in [9.17, 15) is 0 Å². The molecule has 1 aliphatic rings. The van der Waals surface area contributed by atoms with E-state index in [0.717, 1.165) is 31.7 Å². The summed E-state index contributed by atoms with van der Waals surface area (Å²) < 4.78 is 0. The lowest BCUT2D eigenvalue weighted by molar-refractivity contribution is 0.587. The molecule has 2 rings (SSSR count). The van der Waals surface area contributed by atoms with Crippen molar-refractivity contribution in [2.24, 2.45) is 0 Å². The van der Waals surface area contributed by atoms with Crippen molar-refractivity contribution >= 4 is 5.82 Å². The fraction of sp³-hybridized carbons (Fsp3) is 0.733. The topological polar surface area (TPSA) is 41.0 Å². The number of aryl methyl sites for hydroxylation is 1. The molecule has 1 N–H and O–H groups in total. The molecule has 106 valence electrons. The van der Waals surface area contributed by atoms with E-state index in [1.165, 1.54) is 30.5 Å². The second kappa shape index (κ2) is 6.85. The Hall–Kier alpha value is -1.16. The standard InChI is InChI=1S/C15H26N4/c1-12(2)16-9-10-19(3)15-13-7-5-4-6-8-14(13)17-11-18-15/h11-12,16H,4-10H2,1-3H3. The smallest absolute Gasteiger partial charge is 0.135 e. The molecule has 1 aliphatic carbocycles. The predicted molar refractivity (Wildman–Crippen MR) is 79.7 cm³/mol. The third-order valence-electron chi connectivity index (χ3n) is 3.71. The quantitative estimate of drug-likeness (QED) is 0.826. The first-order valence-electron chi connectivity index (χ1n) is 7.45. The van der Waals surface area contributed by atoms with Gasteiger partial charge in [-0.3, -0.25) is 0 Å². The van der Waals surface area contributed by atoms with Gasteiger partial charge in [-0.1, -0.05) is 20.3 Å². The molecule has 0 radical (unpaired) electrons. The van der Waals surface area contributed by atoms with Crippen LogP contribution in [0, 0.1) is 0 Å². The Balaban J connectivity index is 2.06. The maximum atomic E-state index is 4.52. The largest absolute Gasteiger partial charge is 0.358 e. The van der Waals surface area contributed by atoms with Crippen molar-refractivity contribution in [3.63, 3.8) is 0 Å². The first-order chi connectivity index (χ1) is 9.18. The molecule has 0 spiro atoms. The Morgan fingerprint density at radius 1 is 1.21 bits per heavy atom. The van der Waals surface area contributed by atoms with Crippen molar-refractivity contribution < 1.29 is 0 Å². The normalized spacial score (nSPS) is 15.2. The van der Waals surface area contributed by atoms with Gasteiger partial charge < -0.3 is 10.2 Å². The van der Waals surface area contributed by atoms with E-state index in [-0.39, 0.29) is 0 Å². The molecule has 4 nitrogen and oxygen atoms in total. The molecule has 0 atom stereocenters. The monoisotopic (exact) mass is 262 g/mol. The number of rotatable bonds is 5. The molecule has 0 aliphatic heterocycles. The van der Waals surface area contributed by atoms with Gasteiger partial charge in [0.05, 0.1) is 0 Å². The van der Waals surface area contributed by atoms with Gasteiger partial charge in [-0.2, -0.15) is 0 Å². The van der Waals surface area contributed by atoms with Crippen LogP contribution in [0.5, 0.6) is 0 Å². The lowest BCUT2D eigenvalue weighted by Crippen LogP contribution is -2.33. The van der Waals surface area contributed by atoms with Crippen LogP contribution in [-0.4, -0.2) is 36.1 Å². The zero-order valence-corrected chi connectivity index (χ0v) is 12.4. The van der Waals surface area contributed by atoms with Crippen molar-refractivity contribution in [3.8, 4) is 0 Å². The molecular weight excluding hydrogens is 236 g/mol. The zero-order valence-electron chi connectivity index (χ0n) is 12.4. The molecule has 4 heteroatoms. The molecule has 0 bridgehead atoms. The van der Waals surface area contributed by atoms with E-state index >= 15 is 0 Å². The van der Waals surface area contributed by atoms with Gasteiger partial charge >= 0.3 is 0 Å². The third-order valence-corrected chi connectivity index (χ3v) is 3.71. The first-order valence-corrected chi connectivity index (χ1v) is 7.45. The summed E-state index contributed by atoms with van der Waals surface area (Å²) in [4.78, 5) is 11.3. The molecule has 1 heterocycles. The van der Waals surface area contributed by atoms with Gasteiger partial charge in [-0.05, 0) is 25.7 Å². The van der Waals surface area contributed by atoms with Gasteiger partial charge in [0, 0.05) is 37.4 Å². The van der Waals surface area contributed by atoms with Crippen molar-refractivity contribution in [1.29, 1.82) is 0 Å². The van der Waals surface area contributed by atoms with E-state index in [0.29, 0.717) is 6.04 Å². The highest BCUT2D eigenvalue weighted by Gasteiger charge is 2.16. The highest BCUT2D eigenvalue weighted by molar-refractivity contribution is 5.48. The van der Waals surface area contributed by atoms with Crippen LogP contribution in [0.1, 0.15) is 44.4 Å². The molecule has 0 amide bonds. The summed E-state index contributed by atoms with van der Waals surface area (Å²) in [7, 11) is 2.13. The lowest BCUT2D eigenvalue weighted by atomic mass is 10.1. The molecule has 0 saturated carbocycles. The summed E-state index contributed by atoms with van der Waals surface area (Å²) >= 11 is 0. The van der Waals surface area contributed by atoms with Crippen LogP contribution in [0.4, 0.5) is 5.82 Å². The minimum Gasteiger partial charge on any atom is -0.358 e. The van der Waals surface area contributed by atoms with Crippen molar-refractivity contribution in [2.75, 3.05) is 25.0 Å². The van der Waals surface area contributed by atoms with E-state index in [1.807, 2.05) is 0 Å². The van der Waals surface area contributed by atoms with Crippen molar-refractivity contribution in [3.05, 3.63) is 17.6 Å². The molecule has 0 aromatic carbocycles. The van der Waals surface area contributed by atoms with Gasteiger partial charge in [-0.15, -0.1) is 0 Å². The van der Waals surface area contributed by atoms with E-state index in [2.05, 4.69) is 41.1 Å². The van der Waals surface area contributed by atoms with Crippen LogP contribution in [0.25, 0.3) is 0 Å². The number of aromatic nitrogens is 2. The lowest BCUT2D eigenvalue weighted by Gasteiger charge is -2.22. The summed E-state index contributed by atoms with van der Waals surface area (Å²) in [6.07, 6.45) is 7.82. The van der Waals surface area contributed by atoms with Gasteiger partial charge in [0.2, 0.25) is 0 Å². The Labute approximate surface area is 116 Å². The van der Waals surface area contributed by atoms with Gasteiger partial charge in [0.15, 0.2) is 0 Å². The van der Waals surface area contributed by atoms with Crippen LogP contribution >= 0.6 is 0 Å². The van der Waals surface area contributed by atoms with Crippen LogP contribution < -0.4 is 10.2 Å². The van der Waals surface area contributed by atoms with Crippen LogP contribution in [0.3, 0.4) is 0 Å². The van der Waals surface area contributed by atoms with Crippen molar-refractivity contribution in [1.82, 2.24) is 15.3 Å². The maximum absolute atomic E-state index is 4.52. The third kappa shape index (κ3) is 3.90. The minimum atomic E-state index is 0.538. The molecule has 0 fully saturated rings. The minimum absolute atomic E-state index is 0.538. The SMILES string of the molecule is CC(C)NCCN(C)c1ncnc2c1CCCCC2. The summed E-state index contributed by atoms with van der Waals surface area (Å²) in [5.74, 6) is 1.14. The number of likely N-dealkylation sites (N-methyl/N-ethyl adjacent to an activating group) is 1. The number of fused-ring (bicyclic) bond motifs is 1. The molecule has 1 aromatic heterocycles. The molecular formula is C15H26N4. The maximum Gasteiger partial charge on any atom is 0.135 e. The second-order valence-electron chi connectivity index (χ2n) is 5.71. The van der Waals surface area contributed by atoms with Gasteiger partial charge in [-0.25, -0.2) is 9.97 Å². The first kappa shape index (κ1) is 14.3. The summed E-state index contributed by atoms with van der Waals surface area (Å²) in [6, 6.07) is 0.538. The summed E-state index contributed by atoms with van der Waals surface area (Å²) in [5, 5.41) is 3.45. The Morgan fingerprint density at radius 3 is 2.79 bits per heavy atom. The molecule has 0 unspecified atom stereocenters. The number of hydrogen-bond acceptors (Lipinski definition) is 4. The summed E-state index contributed by atoms with van der Waals surface area (Å²) in [6.45, 7) is 6.34. The van der Waals surface area contributed by atoms with Crippen LogP contribution in [0.2, 0.25) is 0 Å². The van der Waals surface area contributed by atoms with Crippen LogP contribution in [-0.2, 0) is 12.8 Å². The highest BCUT2D eigenvalue weighted by Crippen LogP contribution is 2.25. The Morgan fingerprint density at radius 2 is 2.00 bits per heavy atom.